The molecular weight excluding hydrogens is 392 g/mol. The van der Waals surface area contributed by atoms with Crippen LogP contribution in [0.15, 0.2) is 12.1 Å². The van der Waals surface area contributed by atoms with E-state index in [2.05, 4.69) is 26.2 Å². The number of benzene rings is 1. The molecule has 1 aromatic rings. The highest BCUT2D eigenvalue weighted by Gasteiger charge is 2.26. The number of hydrogen-bond acceptors (Lipinski definition) is 5. The molecular formula is C25H44N2O4. The molecule has 31 heavy (non-hydrogen) atoms. The number of carbonyl (C=O) groups is 1. The summed E-state index contributed by atoms with van der Waals surface area (Å²) in [6, 6.07) is 3.25. The topological polar surface area (TPSA) is 116 Å². The number of aliphatic hydroxyl groups is 3. The van der Waals surface area contributed by atoms with Crippen molar-refractivity contribution in [3.05, 3.63) is 34.4 Å². The number of rotatable bonds is 16. The van der Waals surface area contributed by atoms with E-state index in [0.717, 1.165) is 57.8 Å². The van der Waals surface area contributed by atoms with Crippen molar-refractivity contribution >= 4 is 5.91 Å². The quantitative estimate of drug-likeness (QED) is 0.107. The van der Waals surface area contributed by atoms with Gasteiger partial charge in [0.05, 0.1) is 18.3 Å². The number of amides is 1. The van der Waals surface area contributed by atoms with Crippen molar-refractivity contribution in [1.82, 2.24) is 5.43 Å². The normalized spacial score (nSPS) is 14.3. The van der Waals surface area contributed by atoms with Gasteiger partial charge in [0.15, 0.2) is 0 Å². The minimum Gasteiger partial charge on any atom is -0.388 e. The van der Waals surface area contributed by atoms with Gasteiger partial charge in [-0.2, -0.15) is 0 Å². The number of aliphatic hydroxyl groups excluding tert-OH is 3. The molecule has 1 amide bonds. The molecule has 0 bridgehead atoms. The molecule has 0 radical (unpaired) electrons. The fraction of sp³-hybridized carbons (Fsp3) is 0.720. The zero-order valence-corrected chi connectivity index (χ0v) is 19.7. The van der Waals surface area contributed by atoms with E-state index in [-0.39, 0.29) is 0 Å². The predicted octanol–water partition coefficient (Wildman–Crippen LogP) is 5.13. The largest absolute Gasteiger partial charge is 0.388 e. The van der Waals surface area contributed by atoms with Crippen LogP contribution in [0.3, 0.4) is 0 Å². The molecule has 0 saturated heterocycles. The summed E-state index contributed by atoms with van der Waals surface area (Å²) < 4.78 is 0. The number of unbranched alkanes of at least 4 members (excludes halogenated alkanes) is 6. The third kappa shape index (κ3) is 8.89. The van der Waals surface area contributed by atoms with E-state index in [4.69, 9.17) is 5.84 Å². The number of carbonyl (C=O) groups excluding carboxylic acids is 1. The molecule has 178 valence electrons. The number of hydrazine groups is 1. The fourth-order valence-corrected chi connectivity index (χ4v) is 4.07. The van der Waals surface area contributed by atoms with Crippen LogP contribution in [0.1, 0.15) is 143 Å². The summed E-state index contributed by atoms with van der Waals surface area (Å²) in [6.07, 6.45) is 7.91. The Kier molecular flexibility index (Phi) is 13.7. The zero-order valence-electron chi connectivity index (χ0n) is 19.7. The van der Waals surface area contributed by atoms with Crippen molar-refractivity contribution < 1.29 is 20.1 Å². The Morgan fingerprint density at radius 1 is 0.774 bits per heavy atom. The molecule has 1 aromatic carbocycles. The summed E-state index contributed by atoms with van der Waals surface area (Å²) in [7, 11) is 0. The third-order valence-corrected chi connectivity index (χ3v) is 5.93. The molecule has 6 N–H and O–H groups in total. The molecule has 0 aliphatic rings. The van der Waals surface area contributed by atoms with Crippen LogP contribution < -0.4 is 11.3 Å². The molecule has 6 heteroatoms. The molecule has 0 aliphatic heterocycles. The Labute approximate surface area is 188 Å². The average molecular weight is 437 g/mol. The van der Waals surface area contributed by atoms with Crippen LogP contribution in [-0.2, 0) is 0 Å². The second kappa shape index (κ2) is 15.4. The monoisotopic (exact) mass is 436 g/mol. The molecule has 0 spiro atoms. The van der Waals surface area contributed by atoms with Crippen LogP contribution in [0, 0.1) is 0 Å². The van der Waals surface area contributed by atoms with Gasteiger partial charge >= 0.3 is 0 Å². The molecule has 1 rings (SSSR count). The van der Waals surface area contributed by atoms with E-state index in [1.165, 1.54) is 0 Å². The summed E-state index contributed by atoms with van der Waals surface area (Å²) in [6.45, 7) is 6.32. The first-order valence-electron chi connectivity index (χ1n) is 12.1. The van der Waals surface area contributed by atoms with E-state index in [1.54, 1.807) is 12.1 Å². The Balaban J connectivity index is 3.44. The van der Waals surface area contributed by atoms with Gasteiger partial charge in [-0.3, -0.25) is 10.2 Å². The summed E-state index contributed by atoms with van der Waals surface area (Å²) in [5, 5.41) is 33.1. The molecule has 3 unspecified atom stereocenters. The maximum absolute atomic E-state index is 12.3. The van der Waals surface area contributed by atoms with Gasteiger partial charge in [0.1, 0.15) is 0 Å². The Morgan fingerprint density at radius 2 is 1.16 bits per heavy atom. The maximum atomic E-state index is 12.3. The van der Waals surface area contributed by atoms with Crippen LogP contribution in [-0.4, -0.2) is 21.2 Å². The molecule has 0 aliphatic carbocycles. The van der Waals surface area contributed by atoms with Crippen molar-refractivity contribution in [1.29, 1.82) is 0 Å². The van der Waals surface area contributed by atoms with Gasteiger partial charge in [-0.15, -0.1) is 0 Å². The summed E-state index contributed by atoms with van der Waals surface area (Å²) in [5.74, 6) is 4.88. The molecule has 0 fully saturated rings. The van der Waals surface area contributed by atoms with Gasteiger partial charge in [0, 0.05) is 5.56 Å². The lowest BCUT2D eigenvalue weighted by atomic mass is 9.84. The van der Waals surface area contributed by atoms with Crippen LogP contribution in [0.25, 0.3) is 0 Å². The summed E-state index contributed by atoms with van der Waals surface area (Å²) in [4.78, 5) is 12.3. The molecule has 0 heterocycles. The van der Waals surface area contributed by atoms with E-state index in [9.17, 15) is 20.1 Å². The van der Waals surface area contributed by atoms with Crippen molar-refractivity contribution in [2.75, 3.05) is 0 Å². The first kappa shape index (κ1) is 27.6. The first-order chi connectivity index (χ1) is 14.9. The SMILES string of the molecule is CCCCCC(O)c1cc(C(=O)NN)cc(C(O)CCCCC)c1C(O)CCCCC. The molecule has 0 aromatic heterocycles. The van der Waals surface area contributed by atoms with Gasteiger partial charge in [-0.05, 0) is 48.1 Å². The Morgan fingerprint density at radius 3 is 1.52 bits per heavy atom. The summed E-state index contributed by atoms with van der Waals surface area (Å²) >= 11 is 0. The van der Waals surface area contributed by atoms with Gasteiger partial charge in [-0.1, -0.05) is 78.6 Å². The van der Waals surface area contributed by atoms with Gasteiger partial charge in [0.2, 0.25) is 0 Å². The maximum Gasteiger partial charge on any atom is 0.265 e. The van der Waals surface area contributed by atoms with E-state index >= 15 is 0 Å². The minimum absolute atomic E-state index is 0.293. The number of nitrogens with two attached hydrogens (primary N) is 1. The van der Waals surface area contributed by atoms with E-state index in [0.29, 0.717) is 41.5 Å². The van der Waals surface area contributed by atoms with Crippen molar-refractivity contribution in [2.45, 2.75) is 116 Å². The van der Waals surface area contributed by atoms with Gasteiger partial charge in [0.25, 0.3) is 5.91 Å². The van der Waals surface area contributed by atoms with Crippen molar-refractivity contribution in [2.24, 2.45) is 5.84 Å². The second-order valence-electron chi connectivity index (χ2n) is 8.58. The molecule has 3 atom stereocenters. The highest BCUT2D eigenvalue weighted by Crippen LogP contribution is 2.37. The summed E-state index contributed by atoms with van der Waals surface area (Å²) in [5.41, 5.74) is 4.08. The lowest BCUT2D eigenvalue weighted by Gasteiger charge is -2.26. The van der Waals surface area contributed by atoms with Crippen molar-refractivity contribution in [3.63, 3.8) is 0 Å². The van der Waals surface area contributed by atoms with Crippen LogP contribution >= 0.6 is 0 Å². The van der Waals surface area contributed by atoms with Gasteiger partial charge < -0.3 is 15.3 Å². The zero-order chi connectivity index (χ0) is 23.2. The minimum atomic E-state index is -0.811. The Hall–Kier alpha value is -1.47. The molecule has 0 saturated carbocycles. The Bertz CT molecular complexity index is 613. The van der Waals surface area contributed by atoms with E-state index < -0.39 is 24.2 Å². The fourth-order valence-electron chi connectivity index (χ4n) is 4.07. The lowest BCUT2D eigenvalue weighted by Crippen LogP contribution is -2.30. The standard InChI is InChI=1S/C25H44N2O4/c1-4-7-10-13-21(28)19-16-18(25(31)27-26)17-20(22(29)14-11-8-5-2)24(19)23(30)15-12-9-6-3/h16-17,21-23,28-30H,4-15,26H2,1-3H3,(H,27,31). The van der Waals surface area contributed by atoms with Crippen LogP contribution in [0.4, 0.5) is 0 Å². The number of nitrogen functional groups attached to an aromatic ring is 1. The third-order valence-electron chi connectivity index (χ3n) is 5.93. The van der Waals surface area contributed by atoms with Crippen molar-refractivity contribution in [3.8, 4) is 0 Å². The first-order valence-corrected chi connectivity index (χ1v) is 12.1. The molecule has 6 nitrogen and oxygen atoms in total. The highest BCUT2D eigenvalue weighted by atomic mass is 16.3. The smallest absolute Gasteiger partial charge is 0.265 e. The number of nitrogens with one attached hydrogen (secondary N) is 1. The predicted molar refractivity (Wildman–Crippen MR) is 125 cm³/mol. The second-order valence-corrected chi connectivity index (χ2v) is 8.58. The van der Waals surface area contributed by atoms with Crippen LogP contribution in [0.5, 0.6) is 0 Å². The van der Waals surface area contributed by atoms with E-state index in [1.807, 2.05) is 0 Å². The highest BCUT2D eigenvalue weighted by molar-refractivity contribution is 5.94. The average Bonchev–Trinajstić information content (AvgIpc) is 2.77. The van der Waals surface area contributed by atoms with Gasteiger partial charge in [-0.25, -0.2) is 5.84 Å². The van der Waals surface area contributed by atoms with Crippen LogP contribution in [0.2, 0.25) is 0 Å². The lowest BCUT2D eigenvalue weighted by molar-refractivity contribution is 0.0951. The number of hydrogen-bond donors (Lipinski definition) is 5.